The summed E-state index contributed by atoms with van der Waals surface area (Å²) in [4.78, 5) is 0. The number of hydrogen-bond donors (Lipinski definition) is 1. The van der Waals surface area contributed by atoms with Crippen LogP contribution in [0.5, 0.6) is 0 Å². The molecule has 0 saturated carbocycles. The van der Waals surface area contributed by atoms with Gasteiger partial charge in [0.15, 0.2) is 0 Å². The van der Waals surface area contributed by atoms with E-state index >= 15 is 0 Å². The maximum absolute atomic E-state index is 13.3. The highest BCUT2D eigenvalue weighted by molar-refractivity contribution is 5.64. The number of nitrogens with zero attached hydrogens (tertiary/aromatic N) is 2. The molecule has 1 aromatic carbocycles. The van der Waals surface area contributed by atoms with Gasteiger partial charge >= 0.3 is 0 Å². The Morgan fingerprint density at radius 3 is 3.11 bits per heavy atom. The third-order valence-electron chi connectivity index (χ3n) is 3.65. The van der Waals surface area contributed by atoms with Crippen molar-refractivity contribution in [3.05, 3.63) is 42.0 Å². The van der Waals surface area contributed by atoms with Crippen LogP contribution in [-0.4, -0.2) is 22.4 Å². The SMILES string of the molecule is Cc1nn(CC2CCCN2)cc1-c1cccc(F)c1. The molecule has 0 radical (unpaired) electrons. The highest BCUT2D eigenvalue weighted by Crippen LogP contribution is 2.23. The van der Waals surface area contributed by atoms with E-state index in [0.717, 1.165) is 29.9 Å². The highest BCUT2D eigenvalue weighted by Gasteiger charge is 2.16. The van der Waals surface area contributed by atoms with Gasteiger partial charge in [0.25, 0.3) is 0 Å². The lowest BCUT2D eigenvalue weighted by atomic mass is 10.1. The number of halogens is 1. The first-order valence-corrected chi connectivity index (χ1v) is 6.76. The Bertz CT molecular complexity index is 571. The quantitative estimate of drug-likeness (QED) is 0.918. The van der Waals surface area contributed by atoms with Crippen molar-refractivity contribution in [3.8, 4) is 11.1 Å². The van der Waals surface area contributed by atoms with Gasteiger partial charge < -0.3 is 5.32 Å². The van der Waals surface area contributed by atoms with Gasteiger partial charge in [0.1, 0.15) is 5.82 Å². The first kappa shape index (κ1) is 12.4. The van der Waals surface area contributed by atoms with Gasteiger partial charge in [0.05, 0.1) is 12.2 Å². The van der Waals surface area contributed by atoms with Crippen molar-refractivity contribution in [2.45, 2.75) is 32.4 Å². The van der Waals surface area contributed by atoms with Crippen LogP contribution in [0.15, 0.2) is 30.5 Å². The molecule has 1 N–H and O–H groups in total. The van der Waals surface area contributed by atoms with E-state index in [1.807, 2.05) is 23.9 Å². The van der Waals surface area contributed by atoms with Gasteiger partial charge in [-0.2, -0.15) is 5.10 Å². The van der Waals surface area contributed by atoms with Crippen LogP contribution >= 0.6 is 0 Å². The zero-order chi connectivity index (χ0) is 13.2. The van der Waals surface area contributed by atoms with Crippen LogP contribution < -0.4 is 5.32 Å². The maximum atomic E-state index is 13.3. The summed E-state index contributed by atoms with van der Waals surface area (Å²) < 4.78 is 15.3. The van der Waals surface area contributed by atoms with E-state index in [9.17, 15) is 4.39 Å². The number of benzene rings is 1. The third-order valence-corrected chi connectivity index (χ3v) is 3.65. The summed E-state index contributed by atoms with van der Waals surface area (Å²) in [7, 11) is 0. The van der Waals surface area contributed by atoms with Gasteiger partial charge in [-0.15, -0.1) is 0 Å². The molecule has 1 saturated heterocycles. The van der Waals surface area contributed by atoms with E-state index in [0.29, 0.717) is 6.04 Å². The molecule has 0 amide bonds. The Morgan fingerprint density at radius 2 is 2.37 bits per heavy atom. The van der Waals surface area contributed by atoms with Gasteiger partial charge in [0, 0.05) is 17.8 Å². The van der Waals surface area contributed by atoms with Gasteiger partial charge in [0.2, 0.25) is 0 Å². The summed E-state index contributed by atoms with van der Waals surface area (Å²) in [5.74, 6) is -0.206. The Balaban J connectivity index is 1.84. The number of aromatic nitrogens is 2. The van der Waals surface area contributed by atoms with Gasteiger partial charge in [-0.1, -0.05) is 12.1 Å². The molecule has 2 heterocycles. The molecular weight excluding hydrogens is 241 g/mol. The number of rotatable bonds is 3. The molecule has 0 bridgehead atoms. The summed E-state index contributed by atoms with van der Waals surface area (Å²) in [6.07, 6.45) is 4.46. The van der Waals surface area contributed by atoms with E-state index in [2.05, 4.69) is 10.4 Å². The van der Waals surface area contributed by atoms with Crippen LogP contribution in [0.2, 0.25) is 0 Å². The van der Waals surface area contributed by atoms with Crippen molar-refractivity contribution in [1.82, 2.24) is 15.1 Å². The molecule has 0 aliphatic carbocycles. The first-order chi connectivity index (χ1) is 9.22. The molecular formula is C15H18FN3. The minimum absolute atomic E-state index is 0.206. The molecule has 3 rings (SSSR count). The van der Waals surface area contributed by atoms with E-state index in [-0.39, 0.29) is 5.82 Å². The second-order valence-corrected chi connectivity index (χ2v) is 5.15. The van der Waals surface area contributed by atoms with Crippen LogP contribution in [0.3, 0.4) is 0 Å². The number of aryl methyl sites for hydroxylation is 1. The Morgan fingerprint density at radius 1 is 1.47 bits per heavy atom. The Hall–Kier alpha value is -1.68. The van der Waals surface area contributed by atoms with Crippen LogP contribution in [0.25, 0.3) is 11.1 Å². The largest absolute Gasteiger partial charge is 0.312 e. The number of hydrogen-bond acceptors (Lipinski definition) is 2. The third kappa shape index (κ3) is 2.68. The monoisotopic (exact) mass is 259 g/mol. The van der Waals surface area contributed by atoms with Gasteiger partial charge in [-0.25, -0.2) is 4.39 Å². The van der Waals surface area contributed by atoms with Crippen molar-refractivity contribution in [1.29, 1.82) is 0 Å². The molecule has 1 aromatic heterocycles. The van der Waals surface area contributed by atoms with Gasteiger partial charge in [-0.05, 0) is 44.0 Å². The molecule has 1 aliphatic rings. The van der Waals surface area contributed by atoms with E-state index < -0.39 is 0 Å². The Kier molecular flexibility index (Phi) is 3.34. The van der Waals surface area contributed by atoms with E-state index in [1.54, 1.807) is 12.1 Å². The Labute approximate surface area is 112 Å². The standard InChI is InChI=1S/C15H18FN3/c1-11-15(12-4-2-5-13(16)8-12)10-19(18-11)9-14-6-3-7-17-14/h2,4-5,8,10,14,17H,3,6-7,9H2,1H3. The fourth-order valence-corrected chi connectivity index (χ4v) is 2.69. The summed E-state index contributed by atoms with van der Waals surface area (Å²) in [5.41, 5.74) is 2.85. The topological polar surface area (TPSA) is 29.9 Å². The van der Waals surface area contributed by atoms with Crippen LogP contribution in [0.4, 0.5) is 4.39 Å². The fraction of sp³-hybridized carbons (Fsp3) is 0.400. The molecule has 2 aromatic rings. The summed E-state index contributed by atoms with van der Waals surface area (Å²) in [5, 5.41) is 8.00. The van der Waals surface area contributed by atoms with E-state index in [4.69, 9.17) is 0 Å². The lowest BCUT2D eigenvalue weighted by Crippen LogP contribution is -2.26. The van der Waals surface area contributed by atoms with Crippen molar-refractivity contribution >= 4 is 0 Å². The molecule has 0 spiro atoms. The number of nitrogens with one attached hydrogen (secondary N) is 1. The zero-order valence-corrected chi connectivity index (χ0v) is 11.1. The smallest absolute Gasteiger partial charge is 0.123 e. The average molecular weight is 259 g/mol. The molecule has 100 valence electrons. The van der Waals surface area contributed by atoms with Gasteiger partial charge in [-0.3, -0.25) is 4.68 Å². The van der Waals surface area contributed by atoms with Crippen LogP contribution in [0.1, 0.15) is 18.5 Å². The zero-order valence-electron chi connectivity index (χ0n) is 11.1. The molecule has 3 nitrogen and oxygen atoms in total. The average Bonchev–Trinajstić information content (AvgIpc) is 3.00. The van der Waals surface area contributed by atoms with Crippen molar-refractivity contribution in [2.24, 2.45) is 0 Å². The minimum Gasteiger partial charge on any atom is -0.312 e. The molecule has 19 heavy (non-hydrogen) atoms. The normalized spacial score (nSPS) is 18.9. The summed E-state index contributed by atoms with van der Waals surface area (Å²) in [6, 6.07) is 7.19. The summed E-state index contributed by atoms with van der Waals surface area (Å²) >= 11 is 0. The lowest BCUT2D eigenvalue weighted by molar-refractivity contribution is 0.474. The lowest BCUT2D eigenvalue weighted by Gasteiger charge is -2.09. The van der Waals surface area contributed by atoms with Crippen LogP contribution in [-0.2, 0) is 6.54 Å². The van der Waals surface area contributed by atoms with E-state index in [1.165, 1.54) is 18.9 Å². The molecule has 1 aliphatic heterocycles. The molecule has 1 atom stereocenters. The summed E-state index contributed by atoms with van der Waals surface area (Å²) in [6.45, 7) is 3.96. The molecule has 1 unspecified atom stereocenters. The first-order valence-electron chi connectivity index (χ1n) is 6.76. The predicted octanol–water partition coefficient (Wildman–Crippen LogP) is 2.75. The second-order valence-electron chi connectivity index (χ2n) is 5.15. The maximum Gasteiger partial charge on any atom is 0.123 e. The second kappa shape index (κ2) is 5.13. The fourth-order valence-electron chi connectivity index (χ4n) is 2.69. The minimum atomic E-state index is -0.206. The van der Waals surface area contributed by atoms with Crippen molar-refractivity contribution in [3.63, 3.8) is 0 Å². The molecule has 4 heteroatoms. The van der Waals surface area contributed by atoms with Crippen molar-refractivity contribution < 1.29 is 4.39 Å². The van der Waals surface area contributed by atoms with Crippen molar-refractivity contribution in [2.75, 3.05) is 6.54 Å². The predicted molar refractivity (Wildman–Crippen MR) is 73.4 cm³/mol. The molecule has 1 fully saturated rings. The highest BCUT2D eigenvalue weighted by atomic mass is 19.1. The van der Waals surface area contributed by atoms with Crippen LogP contribution in [0, 0.1) is 12.7 Å².